The maximum absolute atomic E-state index is 13.8. The minimum absolute atomic E-state index is 0.256. The molecule has 118 valence electrons. The van der Waals surface area contributed by atoms with Crippen LogP contribution in [-0.4, -0.2) is 40.5 Å². The van der Waals surface area contributed by atoms with Gasteiger partial charge in [-0.15, -0.1) is 0 Å². The van der Waals surface area contributed by atoms with Gasteiger partial charge in [0, 0.05) is 24.5 Å². The average Bonchev–Trinajstić information content (AvgIpc) is 2.48. The molecule has 0 spiro atoms. The van der Waals surface area contributed by atoms with E-state index in [4.69, 9.17) is 0 Å². The van der Waals surface area contributed by atoms with Crippen molar-refractivity contribution < 1.29 is 4.39 Å². The Bertz CT molecular complexity index is 646. The maximum Gasteiger partial charge on any atom is 0.149 e. The Balaban J connectivity index is 1.71. The molecule has 2 unspecified atom stereocenters. The zero-order valence-electron chi connectivity index (χ0n) is 13.2. The Morgan fingerprint density at radius 1 is 1.41 bits per heavy atom. The van der Waals surface area contributed by atoms with Crippen LogP contribution in [-0.2, 0) is 0 Å². The van der Waals surface area contributed by atoms with Gasteiger partial charge in [0.05, 0.1) is 0 Å². The zero-order chi connectivity index (χ0) is 15.5. The van der Waals surface area contributed by atoms with Gasteiger partial charge in [0.1, 0.15) is 23.5 Å². The first-order valence-electron chi connectivity index (χ1n) is 8.01. The first-order valence-corrected chi connectivity index (χ1v) is 8.01. The van der Waals surface area contributed by atoms with E-state index in [2.05, 4.69) is 34.0 Å². The summed E-state index contributed by atoms with van der Waals surface area (Å²) in [6.45, 7) is 7.75. The number of anilines is 1. The molecule has 1 aromatic carbocycles. The molecule has 0 saturated carbocycles. The van der Waals surface area contributed by atoms with Crippen molar-refractivity contribution in [2.75, 3.05) is 25.0 Å². The summed E-state index contributed by atoms with van der Waals surface area (Å²) in [5.74, 6) is 1.18. The number of halogens is 1. The third-order valence-electron chi connectivity index (χ3n) is 4.27. The van der Waals surface area contributed by atoms with E-state index in [-0.39, 0.29) is 11.9 Å². The van der Waals surface area contributed by atoms with Crippen LogP contribution in [0.15, 0.2) is 24.5 Å². The molecule has 1 N–H and O–H groups in total. The predicted octanol–water partition coefficient (Wildman–Crippen LogP) is 3.30. The smallest absolute Gasteiger partial charge is 0.149 e. The van der Waals surface area contributed by atoms with Crippen LogP contribution in [0.5, 0.6) is 0 Å². The van der Waals surface area contributed by atoms with Gasteiger partial charge in [-0.05, 0) is 44.4 Å². The van der Waals surface area contributed by atoms with Gasteiger partial charge in [-0.25, -0.2) is 14.4 Å². The molecule has 0 amide bonds. The average molecular weight is 302 g/mol. The van der Waals surface area contributed by atoms with Crippen LogP contribution in [0.25, 0.3) is 10.9 Å². The molecular formula is C17H23FN4. The molecule has 1 aliphatic heterocycles. The normalized spacial score (nSPS) is 21.0. The largest absolute Gasteiger partial charge is 0.366 e. The standard InChI is InChI=1S/C17H23FN4/c1-12-5-4-8-22(9-12)10-13(2)21-17-14-6-3-7-15(18)16(14)19-11-20-17/h3,6-7,11-13H,4-5,8-10H2,1-2H3,(H,19,20,21). The lowest BCUT2D eigenvalue weighted by Crippen LogP contribution is -2.41. The lowest BCUT2D eigenvalue weighted by atomic mass is 10.00. The molecule has 0 radical (unpaired) electrons. The van der Waals surface area contributed by atoms with Crippen molar-refractivity contribution in [1.82, 2.24) is 14.9 Å². The molecule has 0 aliphatic carbocycles. The second kappa shape index (κ2) is 6.57. The molecule has 22 heavy (non-hydrogen) atoms. The van der Waals surface area contributed by atoms with Gasteiger partial charge in [-0.3, -0.25) is 0 Å². The van der Waals surface area contributed by atoms with Crippen LogP contribution in [0.3, 0.4) is 0 Å². The molecule has 2 atom stereocenters. The number of nitrogens with one attached hydrogen (secondary N) is 1. The van der Waals surface area contributed by atoms with E-state index in [1.807, 2.05) is 6.07 Å². The quantitative estimate of drug-likeness (QED) is 0.941. The first-order chi connectivity index (χ1) is 10.6. The van der Waals surface area contributed by atoms with Crippen LogP contribution in [0.2, 0.25) is 0 Å². The van der Waals surface area contributed by atoms with E-state index in [9.17, 15) is 4.39 Å². The summed E-state index contributed by atoms with van der Waals surface area (Å²) < 4.78 is 13.8. The Morgan fingerprint density at radius 3 is 3.09 bits per heavy atom. The minimum atomic E-state index is -0.305. The van der Waals surface area contributed by atoms with Crippen LogP contribution >= 0.6 is 0 Å². The predicted molar refractivity (Wildman–Crippen MR) is 87.4 cm³/mol. The summed E-state index contributed by atoms with van der Waals surface area (Å²) in [7, 11) is 0. The van der Waals surface area contributed by atoms with Crippen molar-refractivity contribution in [2.45, 2.75) is 32.7 Å². The molecule has 1 fully saturated rings. The third kappa shape index (κ3) is 3.35. The Labute approximate surface area is 130 Å². The van der Waals surface area contributed by atoms with E-state index >= 15 is 0 Å². The van der Waals surface area contributed by atoms with E-state index in [0.717, 1.165) is 30.9 Å². The summed E-state index contributed by atoms with van der Waals surface area (Å²) in [4.78, 5) is 10.8. The second-order valence-corrected chi connectivity index (χ2v) is 6.41. The monoisotopic (exact) mass is 302 g/mol. The Morgan fingerprint density at radius 2 is 2.27 bits per heavy atom. The number of fused-ring (bicyclic) bond motifs is 1. The molecule has 5 heteroatoms. The van der Waals surface area contributed by atoms with Gasteiger partial charge in [-0.1, -0.05) is 13.0 Å². The Hall–Kier alpha value is -1.75. The SMILES string of the molecule is CC1CCCN(CC(C)Nc2ncnc3c(F)cccc23)C1. The number of likely N-dealkylation sites (tertiary alicyclic amines) is 1. The number of aromatic nitrogens is 2. The van der Waals surface area contributed by atoms with Crippen molar-refractivity contribution in [3.63, 3.8) is 0 Å². The summed E-state index contributed by atoms with van der Waals surface area (Å²) in [5, 5.41) is 4.15. The summed E-state index contributed by atoms with van der Waals surface area (Å²) in [6.07, 6.45) is 4.02. The molecule has 2 aromatic rings. The number of nitrogens with zero attached hydrogens (tertiary/aromatic N) is 3. The number of hydrogen-bond acceptors (Lipinski definition) is 4. The molecule has 1 aromatic heterocycles. The number of para-hydroxylation sites is 1. The minimum Gasteiger partial charge on any atom is -0.366 e. The molecule has 1 aliphatic rings. The van der Waals surface area contributed by atoms with Gasteiger partial charge < -0.3 is 10.2 Å². The van der Waals surface area contributed by atoms with E-state index in [0.29, 0.717) is 11.3 Å². The van der Waals surface area contributed by atoms with Crippen LogP contribution in [0.4, 0.5) is 10.2 Å². The Kier molecular flexibility index (Phi) is 4.52. The van der Waals surface area contributed by atoms with E-state index in [1.165, 1.54) is 25.2 Å². The number of rotatable bonds is 4. The first kappa shape index (κ1) is 15.2. The van der Waals surface area contributed by atoms with Crippen molar-refractivity contribution in [3.8, 4) is 0 Å². The lowest BCUT2D eigenvalue weighted by molar-refractivity contribution is 0.180. The molecule has 0 bridgehead atoms. The highest BCUT2D eigenvalue weighted by Crippen LogP contribution is 2.22. The van der Waals surface area contributed by atoms with Gasteiger partial charge in [0.25, 0.3) is 0 Å². The van der Waals surface area contributed by atoms with Crippen molar-refractivity contribution in [1.29, 1.82) is 0 Å². The fourth-order valence-electron chi connectivity index (χ4n) is 3.29. The molecular weight excluding hydrogens is 279 g/mol. The van der Waals surface area contributed by atoms with E-state index < -0.39 is 0 Å². The van der Waals surface area contributed by atoms with Crippen LogP contribution in [0, 0.1) is 11.7 Å². The van der Waals surface area contributed by atoms with Crippen molar-refractivity contribution >= 4 is 16.7 Å². The molecule has 2 heterocycles. The maximum atomic E-state index is 13.8. The second-order valence-electron chi connectivity index (χ2n) is 6.41. The number of benzene rings is 1. The van der Waals surface area contributed by atoms with Crippen molar-refractivity contribution in [3.05, 3.63) is 30.3 Å². The molecule has 3 rings (SSSR count). The summed E-state index contributed by atoms with van der Waals surface area (Å²) >= 11 is 0. The highest BCUT2D eigenvalue weighted by Gasteiger charge is 2.18. The summed E-state index contributed by atoms with van der Waals surface area (Å²) in [5.41, 5.74) is 0.374. The molecule has 1 saturated heterocycles. The van der Waals surface area contributed by atoms with Crippen molar-refractivity contribution in [2.24, 2.45) is 5.92 Å². The van der Waals surface area contributed by atoms with Gasteiger partial charge in [0.15, 0.2) is 0 Å². The summed E-state index contributed by atoms with van der Waals surface area (Å²) in [6, 6.07) is 5.24. The zero-order valence-corrected chi connectivity index (χ0v) is 13.2. The fourth-order valence-corrected chi connectivity index (χ4v) is 3.29. The van der Waals surface area contributed by atoms with Gasteiger partial charge in [0.2, 0.25) is 0 Å². The van der Waals surface area contributed by atoms with E-state index in [1.54, 1.807) is 6.07 Å². The van der Waals surface area contributed by atoms with Gasteiger partial charge in [-0.2, -0.15) is 0 Å². The van der Waals surface area contributed by atoms with Crippen LogP contribution in [0.1, 0.15) is 26.7 Å². The topological polar surface area (TPSA) is 41.0 Å². The van der Waals surface area contributed by atoms with Crippen LogP contribution < -0.4 is 5.32 Å². The highest BCUT2D eigenvalue weighted by molar-refractivity contribution is 5.89. The molecule has 4 nitrogen and oxygen atoms in total. The number of piperidine rings is 1. The third-order valence-corrected chi connectivity index (χ3v) is 4.27. The fraction of sp³-hybridized carbons (Fsp3) is 0.529. The lowest BCUT2D eigenvalue weighted by Gasteiger charge is -2.33. The highest BCUT2D eigenvalue weighted by atomic mass is 19.1. The number of hydrogen-bond donors (Lipinski definition) is 1. The van der Waals surface area contributed by atoms with Gasteiger partial charge >= 0.3 is 0 Å².